The molecule has 178 valence electrons. The quantitative estimate of drug-likeness (QED) is 0.340. The van der Waals surface area contributed by atoms with E-state index in [4.69, 9.17) is 0 Å². The van der Waals surface area contributed by atoms with Crippen LogP contribution < -0.4 is 14.9 Å². The van der Waals surface area contributed by atoms with Crippen molar-refractivity contribution in [3.05, 3.63) is 46.1 Å². The van der Waals surface area contributed by atoms with Crippen LogP contribution in [0.15, 0.2) is 35.4 Å². The zero-order valence-corrected chi connectivity index (χ0v) is 19.1. The van der Waals surface area contributed by atoms with E-state index in [0.29, 0.717) is 19.4 Å². The number of nitrogens with one attached hydrogen (secondary N) is 2. The van der Waals surface area contributed by atoms with Crippen molar-refractivity contribution < 1.29 is 23.2 Å². The highest BCUT2D eigenvalue weighted by Gasteiger charge is 2.32. The first kappa shape index (κ1) is 24.3. The lowest BCUT2D eigenvalue weighted by molar-refractivity contribution is -0.387. The van der Waals surface area contributed by atoms with E-state index in [0.717, 1.165) is 12.5 Å². The molecule has 0 amide bonds. The lowest BCUT2D eigenvalue weighted by Crippen LogP contribution is -2.41. The number of benzene rings is 1. The summed E-state index contributed by atoms with van der Waals surface area (Å²) in [4.78, 5) is 32.1. The number of rotatable bonds is 10. The average molecular weight is 479 g/mol. The van der Waals surface area contributed by atoms with Crippen molar-refractivity contribution in [2.45, 2.75) is 50.1 Å². The van der Waals surface area contributed by atoms with Crippen LogP contribution in [0.2, 0.25) is 0 Å². The summed E-state index contributed by atoms with van der Waals surface area (Å²) in [6.45, 7) is 4.36. The van der Waals surface area contributed by atoms with Crippen LogP contribution in [0.25, 0.3) is 0 Å². The normalized spacial score (nSPS) is 17.0. The lowest BCUT2D eigenvalue weighted by Gasteiger charge is -2.27. The number of anilines is 2. The molecule has 0 bridgehead atoms. The number of para-hydroxylation sites is 1. The molecular formula is C20H26N6O6S. The molecule has 0 saturated carbocycles. The van der Waals surface area contributed by atoms with Gasteiger partial charge in [-0.05, 0) is 32.3 Å². The molecule has 0 aliphatic carbocycles. The summed E-state index contributed by atoms with van der Waals surface area (Å²) >= 11 is 0. The monoisotopic (exact) mass is 478 g/mol. The van der Waals surface area contributed by atoms with Crippen LogP contribution in [0.4, 0.5) is 17.5 Å². The Bertz CT molecular complexity index is 1140. The van der Waals surface area contributed by atoms with Crippen LogP contribution in [0.3, 0.4) is 0 Å². The third kappa shape index (κ3) is 5.54. The van der Waals surface area contributed by atoms with E-state index in [1.165, 1.54) is 24.4 Å². The summed E-state index contributed by atoms with van der Waals surface area (Å²) < 4.78 is 28.0. The fourth-order valence-electron chi connectivity index (χ4n) is 3.58. The highest BCUT2D eigenvalue weighted by atomic mass is 32.2. The standard InChI is InChI=1S/C20H26N6O6S/c1-3-13(2)23-20-21-12-15(19(27)28)18(24-20)25-10-6-7-14(25)11-22-33(31,32)17-9-5-4-8-16(17)26(29)30/h4-5,8-9,12-14,22H,3,6-7,10-11H2,1-2H3,(H,27,28)(H,21,23,24). The molecule has 3 N–H and O–H groups in total. The molecule has 2 heterocycles. The molecular weight excluding hydrogens is 452 g/mol. The number of hydrogen-bond acceptors (Lipinski definition) is 9. The van der Waals surface area contributed by atoms with Gasteiger partial charge in [-0.3, -0.25) is 10.1 Å². The molecule has 1 aromatic heterocycles. The molecule has 1 aliphatic rings. The van der Waals surface area contributed by atoms with Gasteiger partial charge in [-0.2, -0.15) is 4.98 Å². The van der Waals surface area contributed by atoms with Crippen molar-refractivity contribution >= 4 is 33.4 Å². The van der Waals surface area contributed by atoms with Crippen molar-refractivity contribution in [3.63, 3.8) is 0 Å². The molecule has 2 atom stereocenters. The summed E-state index contributed by atoms with van der Waals surface area (Å²) in [6, 6.07) is 4.80. The molecule has 13 heteroatoms. The number of aromatic nitrogens is 2. The number of sulfonamides is 1. The van der Waals surface area contributed by atoms with Crippen LogP contribution in [-0.2, 0) is 10.0 Å². The molecule has 1 fully saturated rings. The number of hydrogen-bond donors (Lipinski definition) is 3. The third-order valence-corrected chi connectivity index (χ3v) is 6.97. The highest BCUT2D eigenvalue weighted by Crippen LogP contribution is 2.29. The van der Waals surface area contributed by atoms with Crippen LogP contribution in [0.5, 0.6) is 0 Å². The Morgan fingerprint density at radius 3 is 2.79 bits per heavy atom. The Labute approximate surface area is 191 Å². The minimum Gasteiger partial charge on any atom is -0.477 e. The van der Waals surface area contributed by atoms with Gasteiger partial charge in [-0.15, -0.1) is 0 Å². The second-order valence-electron chi connectivity index (χ2n) is 7.76. The van der Waals surface area contributed by atoms with Gasteiger partial charge in [0.25, 0.3) is 5.69 Å². The smallest absolute Gasteiger partial charge is 0.341 e. The molecule has 0 spiro atoms. The van der Waals surface area contributed by atoms with Crippen molar-refractivity contribution in [1.82, 2.24) is 14.7 Å². The van der Waals surface area contributed by atoms with Crippen molar-refractivity contribution in [2.75, 3.05) is 23.3 Å². The van der Waals surface area contributed by atoms with E-state index in [1.54, 1.807) is 4.90 Å². The molecule has 1 saturated heterocycles. The van der Waals surface area contributed by atoms with Gasteiger partial charge in [0.05, 0.1) is 4.92 Å². The largest absolute Gasteiger partial charge is 0.477 e. The summed E-state index contributed by atoms with van der Waals surface area (Å²) in [6.07, 6.45) is 3.35. The minimum absolute atomic E-state index is 0.0639. The number of carboxylic acids is 1. The lowest BCUT2D eigenvalue weighted by atomic mass is 10.2. The fourth-order valence-corrected chi connectivity index (χ4v) is 4.82. The molecule has 33 heavy (non-hydrogen) atoms. The first-order chi connectivity index (χ1) is 15.6. The molecule has 3 rings (SSSR count). The first-order valence-electron chi connectivity index (χ1n) is 10.5. The predicted octanol–water partition coefficient (Wildman–Crippen LogP) is 2.24. The van der Waals surface area contributed by atoms with Gasteiger partial charge in [0.2, 0.25) is 16.0 Å². The summed E-state index contributed by atoms with van der Waals surface area (Å²) in [5.74, 6) is -0.697. The number of nitro benzene ring substituents is 1. The maximum Gasteiger partial charge on any atom is 0.341 e. The summed E-state index contributed by atoms with van der Waals surface area (Å²) in [7, 11) is -4.16. The molecule has 2 unspecified atom stereocenters. The third-order valence-electron chi connectivity index (χ3n) is 5.50. The first-order valence-corrected chi connectivity index (χ1v) is 12.0. The van der Waals surface area contributed by atoms with Gasteiger partial charge < -0.3 is 15.3 Å². The minimum atomic E-state index is -4.16. The molecule has 2 aromatic rings. The van der Waals surface area contributed by atoms with Gasteiger partial charge >= 0.3 is 5.97 Å². The Hall–Kier alpha value is -3.32. The molecule has 1 aliphatic heterocycles. The van der Waals surface area contributed by atoms with Crippen molar-refractivity contribution in [1.29, 1.82) is 0 Å². The number of nitro groups is 1. The number of carbonyl (C=O) groups is 1. The van der Waals surface area contributed by atoms with Gasteiger partial charge in [-0.1, -0.05) is 19.1 Å². The van der Waals surface area contributed by atoms with E-state index < -0.39 is 31.5 Å². The average Bonchev–Trinajstić information content (AvgIpc) is 3.26. The fraction of sp³-hybridized carbons (Fsp3) is 0.450. The highest BCUT2D eigenvalue weighted by molar-refractivity contribution is 7.89. The van der Waals surface area contributed by atoms with Crippen LogP contribution in [0.1, 0.15) is 43.5 Å². The molecule has 12 nitrogen and oxygen atoms in total. The molecule has 0 radical (unpaired) electrons. The van der Waals surface area contributed by atoms with E-state index in [9.17, 15) is 28.4 Å². The topological polar surface area (TPSA) is 168 Å². The van der Waals surface area contributed by atoms with Gasteiger partial charge in [0, 0.05) is 37.4 Å². The van der Waals surface area contributed by atoms with Gasteiger partial charge in [-0.25, -0.2) is 22.9 Å². The maximum absolute atomic E-state index is 12.8. The second-order valence-corrected chi connectivity index (χ2v) is 9.49. The number of nitrogens with zero attached hydrogens (tertiary/aromatic N) is 4. The number of aromatic carboxylic acids is 1. The van der Waals surface area contributed by atoms with Gasteiger partial charge in [0.1, 0.15) is 11.4 Å². The van der Waals surface area contributed by atoms with E-state index in [1.807, 2.05) is 13.8 Å². The molecule has 1 aromatic carbocycles. The van der Waals surface area contributed by atoms with E-state index in [-0.39, 0.29) is 36.0 Å². The predicted molar refractivity (Wildman–Crippen MR) is 121 cm³/mol. The van der Waals surface area contributed by atoms with E-state index in [2.05, 4.69) is 20.0 Å². The van der Waals surface area contributed by atoms with Crippen LogP contribution in [-0.4, -0.2) is 59.6 Å². The van der Waals surface area contributed by atoms with Crippen LogP contribution in [0, 0.1) is 10.1 Å². The zero-order valence-electron chi connectivity index (χ0n) is 18.3. The number of carboxylic acid groups (broad SMARTS) is 1. The zero-order chi connectivity index (χ0) is 24.2. The van der Waals surface area contributed by atoms with Crippen molar-refractivity contribution in [3.8, 4) is 0 Å². The van der Waals surface area contributed by atoms with Crippen molar-refractivity contribution in [2.24, 2.45) is 0 Å². The maximum atomic E-state index is 12.8. The summed E-state index contributed by atoms with van der Waals surface area (Å²) in [5.41, 5.74) is -0.601. The van der Waals surface area contributed by atoms with Crippen LogP contribution >= 0.6 is 0 Å². The van der Waals surface area contributed by atoms with Gasteiger partial charge in [0.15, 0.2) is 4.90 Å². The Kier molecular flexibility index (Phi) is 7.43. The second kappa shape index (κ2) is 10.1. The Morgan fingerprint density at radius 1 is 1.39 bits per heavy atom. The Morgan fingerprint density at radius 2 is 2.12 bits per heavy atom. The SMILES string of the molecule is CCC(C)Nc1ncc(C(=O)O)c(N2CCCC2CNS(=O)(=O)c2ccccc2[N+](=O)[O-])n1. The Balaban J connectivity index is 1.85. The summed E-state index contributed by atoms with van der Waals surface area (Å²) in [5, 5.41) is 24.0. The van der Waals surface area contributed by atoms with E-state index >= 15 is 0 Å².